The number of hydrogen-bond donors (Lipinski definition) is 0. The normalized spacial score (nSPS) is 19.6. The standard InChI is InChI=1S/C11H15BN2O/c1-5-6(2)9(12)10-8(5)11(15)14(4)7(3)13-10/h9H,12H2,1-4H3. The second-order valence-electron chi connectivity index (χ2n) is 4.31. The molecule has 15 heavy (non-hydrogen) atoms. The largest absolute Gasteiger partial charge is 0.300 e. The van der Waals surface area contributed by atoms with E-state index in [1.54, 1.807) is 11.6 Å². The van der Waals surface area contributed by atoms with Crippen molar-refractivity contribution in [2.24, 2.45) is 7.05 Å². The molecule has 4 heteroatoms. The predicted octanol–water partition coefficient (Wildman–Crippen LogP) is 0.570. The smallest absolute Gasteiger partial charge is 0.261 e. The van der Waals surface area contributed by atoms with Gasteiger partial charge in [-0.3, -0.25) is 9.36 Å². The number of rotatable bonds is 0. The molecule has 0 radical (unpaired) electrons. The minimum absolute atomic E-state index is 0.0821. The molecule has 0 saturated carbocycles. The van der Waals surface area contributed by atoms with Crippen molar-refractivity contribution in [1.29, 1.82) is 0 Å². The Morgan fingerprint density at radius 3 is 2.53 bits per heavy atom. The van der Waals surface area contributed by atoms with Crippen molar-refractivity contribution in [2.75, 3.05) is 0 Å². The Morgan fingerprint density at radius 1 is 1.33 bits per heavy atom. The number of aromatic nitrogens is 2. The molecule has 1 aliphatic carbocycles. The molecular weight excluding hydrogens is 187 g/mol. The van der Waals surface area contributed by atoms with Gasteiger partial charge in [-0.25, -0.2) is 4.98 Å². The van der Waals surface area contributed by atoms with Gasteiger partial charge in [0.2, 0.25) is 0 Å². The van der Waals surface area contributed by atoms with Crippen molar-refractivity contribution in [1.82, 2.24) is 9.55 Å². The van der Waals surface area contributed by atoms with Crippen LogP contribution >= 0.6 is 0 Å². The third kappa shape index (κ3) is 1.20. The van der Waals surface area contributed by atoms with Crippen molar-refractivity contribution in [3.8, 4) is 0 Å². The summed E-state index contributed by atoms with van der Waals surface area (Å²) in [6.07, 6.45) is 0. The van der Waals surface area contributed by atoms with E-state index < -0.39 is 0 Å². The average molecular weight is 202 g/mol. The van der Waals surface area contributed by atoms with Crippen LogP contribution < -0.4 is 5.56 Å². The topological polar surface area (TPSA) is 34.9 Å². The fourth-order valence-corrected chi connectivity index (χ4v) is 2.12. The molecule has 0 fully saturated rings. The second kappa shape index (κ2) is 3.09. The number of hydrogen-bond acceptors (Lipinski definition) is 2. The lowest BCUT2D eigenvalue weighted by atomic mass is 9.81. The molecule has 1 unspecified atom stereocenters. The molecule has 0 aromatic carbocycles. The molecule has 78 valence electrons. The number of nitrogens with zero attached hydrogens (tertiary/aromatic N) is 2. The van der Waals surface area contributed by atoms with Crippen LogP contribution in [-0.2, 0) is 7.05 Å². The first kappa shape index (κ1) is 10.2. The van der Waals surface area contributed by atoms with Crippen LogP contribution in [0.5, 0.6) is 0 Å². The first-order valence-electron chi connectivity index (χ1n) is 5.20. The molecule has 0 saturated heterocycles. The van der Waals surface area contributed by atoms with Crippen LogP contribution in [0, 0.1) is 6.92 Å². The predicted molar refractivity (Wildman–Crippen MR) is 63.8 cm³/mol. The summed E-state index contributed by atoms with van der Waals surface area (Å²) in [7, 11) is 3.88. The van der Waals surface area contributed by atoms with Gasteiger partial charge in [-0.1, -0.05) is 5.57 Å². The van der Waals surface area contributed by atoms with E-state index in [0.717, 1.165) is 22.7 Å². The fourth-order valence-electron chi connectivity index (χ4n) is 2.12. The number of fused-ring (bicyclic) bond motifs is 1. The Hall–Kier alpha value is -1.32. The van der Waals surface area contributed by atoms with Crippen LogP contribution in [-0.4, -0.2) is 17.4 Å². The Labute approximate surface area is 90.3 Å². The van der Waals surface area contributed by atoms with E-state index in [1.165, 1.54) is 5.57 Å². The number of allylic oxidation sites excluding steroid dienone is 2. The molecule has 1 aliphatic rings. The molecule has 0 bridgehead atoms. The summed E-state index contributed by atoms with van der Waals surface area (Å²) in [6, 6.07) is 0. The molecule has 0 N–H and O–H groups in total. The molecule has 0 amide bonds. The van der Waals surface area contributed by atoms with E-state index in [9.17, 15) is 4.79 Å². The van der Waals surface area contributed by atoms with Crippen LogP contribution in [0.1, 0.15) is 36.7 Å². The van der Waals surface area contributed by atoms with E-state index in [1.807, 2.05) is 13.8 Å². The second-order valence-corrected chi connectivity index (χ2v) is 4.31. The lowest BCUT2D eigenvalue weighted by molar-refractivity contribution is 0.755. The summed E-state index contributed by atoms with van der Waals surface area (Å²) in [5.41, 5.74) is 4.21. The molecule has 1 atom stereocenters. The minimum Gasteiger partial charge on any atom is -0.300 e. The molecule has 2 rings (SSSR count). The average Bonchev–Trinajstić information content (AvgIpc) is 2.40. The van der Waals surface area contributed by atoms with Gasteiger partial charge >= 0.3 is 0 Å². The zero-order valence-corrected chi connectivity index (χ0v) is 9.88. The van der Waals surface area contributed by atoms with E-state index in [0.29, 0.717) is 0 Å². The van der Waals surface area contributed by atoms with Gasteiger partial charge in [0.05, 0.1) is 11.3 Å². The van der Waals surface area contributed by atoms with Gasteiger partial charge in [-0.2, -0.15) is 0 Å². The van der Waals surface area contributed by atoms with E-state index in [4.69, 9.17) is 0 Å². The third-order valence-electron chi connectivity index (χ3n) is 3.57. The highest BCUT2D eigenvalue weighted by atomic mass is 16.1. The Balaban J connectivity index is 2.86. The minimum atomic E-state index is 0.0821. The van der Waals surface area contributed by atoms with Crippen molar-refractivity contribution in [2.45, 2.75) is 26.6 Å². The van der Waals surface area contributed by atoms with Gasteiger partial charge in [0.25, 0.3) is 5.56 Å². The van der Waals surface area contributed by atoms with Gasteiger partial charge < -0.3 is 0 Å². The van der Waals surface area contributed by atoms with Gasteiger partial charge in [0.15, 0.2) is 0 Å². The van der Waals surface area contributed by atoms with E-state index in [-0.39, 0.29) is 11.4 Å². The monoisotopic (exact) mass is 202 g/mol. The Morgan fingerprint density at radius 2 is 1.93 bits per heavy atom. The summed E-state index contributed by atoms with van der Waals surface area (Å²) in [4.78, 5) is 16.6. The Kier molecular flexibility index (Phi) is 2.10. The van der Waals surface area contributed by atoms with E-state index >= 15 is 0 Å². The number of aryl methyl sites for hydroxylation is 1. The molecule has 1 aromatic heterocycles. The fraction of sp³-hybridized carbons (Fsp3) is 0.455. The molecule has 0 spiro atoms. The maximum atomic E-state index is 12.1. The summed E-state index contributed by atoms with van der Waals surface area (Å²) < 4.78 is 1.62. The zero-order chi connectivity index (χ0) is 11.3. The zero-order valence-electron chi connectivity index (χ0n) is 9.88. The summed E-state index contributed by atoms with van der Waals surface area (Å²) in [6.45, 7) is 5.96. The lowest BCUT2D eigenvalue weighted by Crippen LogP contribution is -2.25. The van der Waals surface area contributed by atoms with Gasteiger partial charge in [0, 0.05) is 7.05 Å². The van der Waals surface area contributed by atoms with Crippen molar-refractivity contribution in [3.63, 3.8) is 0 Å². The van der Waals surface area contributed by atoms with Crippen molar-refractivity contribution < 1.29 is 0 Å². The van der Waals surface area contributed by atoms with Crippen LogP contribution in [0.3, 0.4) is 0 Å². The first-order valence-corrected chi connectivity index (χ1v) is 5.20. The highest BCUT2D eigenvalue weighted by Gasteiger charge is 2.27. The Bertz CT molecular complexity index is 528. The third-order valence-corrected chi connectivity index (χ3v) is 3.57. The van der Waals surface area contributed by atoms with Crippen LogP contribution in [0.25, 0.3) is 5.57 Å². The van der Waals surface area contributed by atoms with E-state index in [2.05, 4.69) is 19.8 Å². The molecule has 3 nitrogen and oxygen atoms in total. The molecule has 1 aromatic rings. The van der Waals surface area contributed by atoms with Gasteiger partial charge in [-0.15, -0.1) is 0 Å². The van der Waals surface area contributed by atoms with Gasteiger partial charge in [-0.05, 0) is 32.2 Å². The van der Waals surface area contributed by atoms with Crippen molar-refractivity contribution >= 4 is 13.4 Å². The van der Waals surface area contributed by atoms with Crippen molar-refractivity contribution in [3.05, 3.63) is 33.0 Å². The van der Waals surface area contributed by atoms with Crippen LogP contribution in [0.2, 0.25) is 0 Å². The SMILES string of the molecule is BC1C(C)=C(C)c2c1nc(C)n(C)c2=O. The maximum absolute atomic E-state index is 12.1. The molecular formula is C11H15BN2O. The molecule has 1 heterocycles. The van der Waals surface area contributed by atoms with Crippen LogP contribution in [0.15, 0.2) is 10.4 Å². The quantitative estimate of drug-likeness (QED) is 0.576. The highest BCUT2D eigenvalue weighted by molar-refractivity contribution is 6.16. The summed E-state index contributed by atoms with van der Waals surface area (Å²) in [5, 5.41) is 0. The molecule has 0 aliphatic heterocycles. The van der Waals surface area contributed by atoms with Gasteiger partial charge in [0.1, 0.15) is 13.7 Å². The first-order chi connectivity index (χ1) is 6.95. The van der Waals surface area contributed by atoms with Crippen LogP contribution in [0.4, 0.5) is 0 Å². The summed E-state index contributed by atoms with van der Waals surface area (Å²) in [5.74, 6) is 1.07. The maximum Gasteiger partial charge on any atom is 0.261 e. The lowest BCUT2D eigenvalue weighted by Gasteiger charge is -2.09. The highest BCUT2D eigenvalue weighted by Crippen LogP contribution is 2.36. The summed E-state index contributed by atoms with van der Waals surface area (Å²) >= 11 is 0.